The number of hydrogen-bond acceptors (Lipinski definition) is 3. The van der Waals surface area contributed by atoms with Gasteiger partial charge in [0.25, 0.3) is 0 Å². The summed E-state index contributed by atoms with van der Waals surface area (Å²) < 4.78 is 41.8. The number of carbonyl (C=O) groups excluding carboxylic acids is 1. The highest BCUT2D eigenvalue weighted by atomic mass is 19.2. The molecule has 0 saturated carbocycles. The highest BCUT2D eigenvalue weighted by Crippen LogP contribution is 2.26. The van der Waals surface area contributed by atoms with E-state index >= 15 is 0 Å². The van der Waals surface area contributed by atoms with Crippen molar-refractivity contribution in [3.63, 3.8) is 0 Å². The minimum atomic E-state index is -1.84. The van der Waals surface area contributed by atoms with Crippen LogP contribution in [0, 0.1) is 17.5 Å². The van der Waals surface area contributed by atoms with E-state index in [-0.39, 0.29) is 0 Å². The van der Waals surface area contributed by atoms with Gasteiger partial charge in [-0.3, -0.25) is 0 Å². The predicted molar refractivity (Wildman–Crippen MR) is 39.3 cm³/mol. The molecule has 6 heteroatoms. The first-order valence-corrected chi connectivity index (χ1v) is 3.43. The van der Waals surface area contributed by atoms with Crippen LogP contribution in [0.3, 0.4) is 0 Å². The van der Waals surface area contributed by atoms with Crippen LogP contribution in [0.4, 0.5) is 13.2 Å². The summed E-state index contributed by atoms with van der Waals surface area (Å²) in [6.07, 6.45) is 0. The van der Waals surface area contributed by atoms with Crippen molar-refractivity contribution >= 4 is 5.97 Å². The molecule has 3 nitrogen and oxygen atoms in total. The van der Waals surface area contributed by atoms with Gasteiger partial charge in [-0.25, -0.2) is 13.6 Å². The second-order valence-corrected chi connectivity index (χ2v) is 2.37. The number of rotatable bonds is 1. The Morgan fingerprint density at radius 3 is 2.43 bits per heavy atom. The van der Waals surface area contributed by atoms with E-state index in [1.165, 1.54) is 0 Å². The normalized spacial score (nSPS) is 10.0. The van der Waals surface area contributed by atoms with Gasteiger partial charge in [0.15, 0.2) is 17.4 Å². The summed E-state index contributed by atoms with van der Waals surface area (Å²) in [5, 5.41) is 8.92. The topological polar surface area (TPSA) is 46.5 Å². The van der Waals surface area contributed by atoms with Crippen LogP contribution in [0.2, 0.25) is 0 Å². The predicted octanol–water partition coefficient (Wildman–Crippen LogP) is 1.60. The van der Waals surface area contributed by atoms with Gasteiger partial charge in [-0.05, 0) is 6.07 Å². The van der Waals surface area contributed by atoms with Crippen molar-refractivity contribution < 1.29 is 27.8 Å². The van der Waals surface area contributed by atoms with Crippen LogP contribution < -0.4 is 0 Å². The van der Waals surface area contributed by atoms with Gasteiger partial charge in [0.05, 0.1) is 7.11 Å². The number of esters is 1. The van der Waals surface area contributed by atoms with Crippen molar-refractivity contribution in [3.05, 3.63) is 29.1 Å². The molecule has 0 unspecified atom stereocenters. The molecule has 1 rings (SSSR count). The fourth-order valence-corrected chi connectivity index (χ4v) is 0.851. The van der Waals surface area contributed by atoms with Crippen LogP contribution in [0.15, 0.2) is 6.07 Å². The van der Waals surface area contributed by atoms with Gasteiger partial charge in [-0.2, -0.15) is 4.39 Å². The van der Waals surface area contributed by atoms with E-state index in [0.717, 1.165) is 7.11 Å². The maximum atomic E-state index is 12.7. The molecule has 0 aromatic heterocycles. The summed E-state index contributed by atoms with van der Waals surface area (Å²) in [6, 6.07) is 0.361. The number of carbonyl (C=O) groups is 1. The van der Waals surface area contributed by atoms with Crippen molar-refractivity contribution in [3.8, 4) is 5.75 Å². The summed E-state index contributed by atoms with van der Waals surface area (Å²) in [7, 11) is 0.959. The third-order valence-electron chi connectivity index (χ3n) is 1.54. The summed E-state index contributed by atoms with van der Waals surface area (Å²) in [6.45, 7) is 0. The number of halogens is 3. The Morgan fingerprint density at radius 2 is 1.93 bits per heavy atom. The molecule has 1 N–H and O–H groups in total. The molecule has 0 atom stereocenters. The van der Waals surface area contributed by atoms with Crippen LogP contribution >= 0.6 is 0 Å². The molecule has 0 amide bonds. The maximum absolute atomic E-state index is 12.7. The van der Waals surface area contributed by atoms with Crippen molar-refractivity contribution in [2.75, 3.05) is 7.11 Å². The molecule has 0 spiro atoms. The molecule has 0 aliphatic carbocycles. The van der Waals surface area contributed by atoms with Crippen LogP contribution in [0.5, 0.6) is 5.75 Å². The minimum absolute atomic E-state index is 0.361. The third-order valence-corrected chi connectivity index (χ3v) is 1.54. The van der Waals surface area contributed by atoms with E-state index in [1.807, 2.05) is 0 Å². The molecule has 1 aromatic rings. The summed E-state index contributed by atoms with van der Waals surface area (Å²) in [4.78, 5) is 10.8. The van der Waals surface area contributed by atoms with Crippen molar-refractivity contribution in [2.24, 2.45) is 0 Å². The summed E-state index contributed by atoms with van der Waals surface area (Å²) in [5.74, 6) is -7.64. The zero-order valence-corrected chi connectivity index (χ0v) is 6.97. The highest BCUT2D eigenvalue weighted by Gasteiger charge is 2.22. The van der Waals surface area contributed by atoms with Crippen LogP contribution in [0.25, 0.3) is 0 Å². The number of methoxy groups -OCH3 is 1. The molecule has 0 heterocycles. The first-order chi connectivity index (χ1) is 6.49. The first-order valence-electron chi connectivity index (χ1n) is 3.43. The Balaban J connectivity index is 3.40. The van der Waals surface area contributed by atoms with E-state index in [0.29, 0.717) is 6.07 Å². The number of phenols is 1. The van der Waals surface area contributed by atoms with Crippen molar-refractivity contribution in [1.82, 2.24) is 0 Å². The lowest BCUT2D eigenvalue weighted by Crippen LogP contribution is -2.05. The van der Waals surface area contributed by atoms with Crippen molar-refractivity contribution in [2.45, 2.75) is 0 Å². The SMILES string of the molecule is COC(=O)c1cc(F)c(F)c(F)c1O. The number of benzene rings is 1. The average molecular weight is 206 g/mol. The molecular weight excluding hydrogens is 201 g/mol. The van der Waals surface area contributed by atoms with E-state index in [4.69, 9.17) is 5.11 Å². The molecule has 0 bridgehead atoms. The number of hydrogen-bond donors (Lipinski definition) is 1. The zero-order valence-electron chi connectivity index (χ0n) is 6.97. The van der Waals surface area contributed by atoms with Crippen LogP contribution in [-0.4, -0.2) is 18.2 Å². The molecule has 1 aromatic carbocycles. The molecule has 0 fully saturated rings. The fourth-order valence-electron chi connectivity index (χ4n) is 0.851. The molecule has 14 heavy (non-hydrogen) atoms. The number of phenolic OH excluding ortho intramolecular Hbond substituents is 1. The Hall–Kier alpha value is -1.72. The highest BCUT2D eigenvalue weighted by molar-refractivity contribution is 5.92. The second kappa shape index (κ2) is 3.57. The van der Waals surface area contributed by atoms with Crippen LogP contribution in [-0.2, 0) is 4.74 Å². The monoisotopic (exact) mass is 206 g/mol. The Labute approximate surface area is 76.7 Å². The zero-order chi connectivity index (χ0) is 10.9. The van der Waals surface area contributed by atoms with E-state index in [1.54, 1.807) is 0 Å². The molecule has 0 saturated heterocycles. The molecular formula is C8H5F3O3. The maximum Gasteiger partial charge on any atom is 0.341 e. The lowest BCUT2D eigenvalue weighted by atomic mass is 10.2. The number of aromatic hydroxyl groups is 1. The van der Waals surface area contributed by atoms with E-state index in [9.17, 15) is 18.0 Å². The van der Waals surface area contributed by atoms with Gasteiger partial charge in [0, 0.05) is 0 Å². The molecule has 76 valence electrons. The largest absolute Gasteiger partial charge is 0.504 e. The Kier molecular flexibility index (Phi) is 2.64. The Bertz CT molecular complexity index is 390. The van der Waals surface area contributed by atoms with Gasteiger partial charge in [-0.1, -0.05) is 0 Å². The average Bonchev–Trinajstić information content (AvgIpc) is 2.19. The summed E-state index contributed by atoms with van der Waals surface area (Å²) in [5.41, 5.74) is -0.760. The fraction of sp³-hybridized carbons (Fsp3) is 0.125. The standard InChI is InChI=1S/C8H5F3O3/c1-14-8(13)3-2-4(9)5(10)6(11)7(3)12/h2,12H,1H3. The lowest BCUT2D eigenvalue weighted by molar-refractivity contribution is 0.0595. The van der Waals surface area contributed by atoms with Gasteiger partial charge < -0.3 is 9.84 Å². The molecule has 0 aliphatic rings. The van der Waals surface area contributed by atoms with E-state index in [2.05, 4.69) is 4.74 Å². The smallest absolute Gasteiger partial charge is 0.341 e. The first kappa shape index (κ1) is 10.4. The molecule has 0 aliphatic heterocycles. The van der Waals surface area contributed by atoms with Crippen LogP contribution in [0.1, 0.15) is 10.4 Å². The number of ether oxygens (including phenoxy) is 1. The second-order valence-electron chi connectivity index (χ2n) is 2.37. The van der Waals surface area contributed by atoms with Gasteiger partial charge >= 0.3 is 5.97 Å². The molecule has 0 radical (unpaired) electrons. The summed E-state index contributed by atoms with van der Waals surface area (Å²) >= 11 is 0. The van der Waals surface area contributed by atoms with E-state index < -0.39 is 34.7 Å². The minimum Gasteiger partial charge on any atom is -0.504 e. The van der Waals surface area contributed by atoms with Gasteiger partial charge in [-0.15, -0.1) is 0 Å². The quantitative estimate of drug-likeness (QED) is 0.560. The van der Waals surface area contributed by atoms with Gasteiger partial charge in [0.2, 0.25) is 5.82 Å². The Morgan fingerprint density at radius 1 is 1.36 bits per heavy atom. The third kappa shape index (κ3) is 1.50. The van der Waals surface area contributed by atoms with Gasteiger partial charge in [0.1, 0.15) is 5.56 Å². The lowest BCUT2D eigenvalue weighted by Gasteiger charge is -2.04. The van der Waals surface area contributed by atoms with Crippen molar-refractivity contribution in [1.29, 1.82) is 0 Å².